The molecule has 2 heterocycles. The first kappa shape index (κ1) is 12.0. The average molecular weight is 319 g/mol. The molecule has 2 N–H and O–H groups in total. The molecule has 0 saturated carbocycles. The Kier molecular flexibility index (Phi) is 3.12. The van der Waals surface area contributed by atoms with E-state index in [1.54, 1.807) is 6.20 Å². The SMILES string of the molecule is C[C@@H](Nc1cnc2ccc(Br)cc2n1)c1ncn[nH]1. The number of fused-ring (bicyclic) bond motifs is 1. The molecule has 96 valence electrons. The summed E-state index contributed by atoms with van der Waals surface area (Å²) in [7, 11) is 0. The molecular formula is C12H11BrN6. The molecule has 19 heavy (non-hydrogen) atoms. The van der Waals surface area contributed by atoms with Gasteiger partial charge in [0.1, 0.15) is 18.0 Å². The van der Waals surface area contributed by atoms with Gasteiger partial charge in [-0.05, 0) is 25.1 Å². The second-order valence-electron chi connectivity index (χ2n) is 4.13. The first-order valence-corrected chi connectivity index (χ1v) is 6.56. The highest BCUT2D eigenvalue weighted by Crippen LogP contribution is 2.19. The number of nitrogens with one attached hydrogen (secondary N) is 2. The Morgan fingerprint density at radius 2 is 2.16 bits per heavy atom. The lowest BCUT2D eigenvalue weighted by atomic mass is 10.3. The summed E-state index contributed by atoms with van der Waals surface area (Å²) >= 11 is 3.43. The number of benzene rings is 1. The largest absolute Gasteiger partial charge is 0.359 e. The van der Waals surface area contributed by atoms with Gasteiger partial charge in [-0.3, -0.25) is 10.1 Å². The van der Waals surface area contributed by atoms with E-state index in [0.717, 1.165) is 21.3 Å². The maximum atomic E-state index is 4.52. The fourth-order valence-electron chi connectivity index (χ4n) is 1.77. The van der Waals surface area contributed by atoms with E-state index in [-0.39, 0.29) is 6.04 Å². The molecule has 0 unspecified atom stereocenters. The zero-order valence-corrected chi connectivity index (χ0v) is 11.7. The van der Waals surface area contributed by atoms with Gasteiger partial charge in [0.15, 0.2) is 0 Å². The van der Waals surface area contributed by atoms with Gasteiger partial charge in [0, 0.05) is 4.47 Å². The van der Waals surface area contributed by atoms with Gasteiger partial charge in [0.05, 0.1) is 23.3 Å². The Labute approximate surface area is 117 Å². The highest BCUT2D eigenvalue weighted by atomic mass is 79.9. The Bertz CT molecular complexity index is 697. The summed E-state index contributed by atoms with van der Waals surface area (Å²) < 4.78 is 0.981. The van der Waals surface area contributed by atoms with Gasteiger partial charge in [0.25, 0.3) is 0 Å². The van der Waals surface area contributed by atoms with Crippen LogP contribution in [0, 0.1) is 0 Å². The van der Waals surface area contributed by atoms with Crippen LogP contribution in [0.25, 0.3) is 11.0 Å². The van der Waals surface area contributed by atoms with E-state index >= 15 is 0 Å². The number of aromatic amines is 1. The normalized spacial score (nSPS) is 12.5. The van der Waals surface area contributed by atoms with E-state index in [1.165, 1.54) is 6.33 Å². The van der Waals surface area contributed by atoms with Crippen LogP contribution in [-0.4, -0.2) is 25.1 Å². The smallest absolute Gasteiger partial charge is 0.146 e. The molecule has 0 amide bonds. The molecular weight excluding hydrogens is 308 g/mol. The third-order valence-corrected chi connectivity index (χ3v) is 3.21. The molecule has 0 aliphatic heterocycles. The van der Waals surface area contributed by atoms with Crippen molar-refractivity contribution in [1.82, 2.24) is 25.1 Å². The number of nitrogens with zero attached hydrogens (tertiary/aromatic N) is 4. The summed E-state index contributed by atoms with van der Waals surface area (Å²) in [5, 5.41) is 9.89. The number of rotatable bonds is 3. The van der Waals surface area contributed by atoms with Crippen molar-refractivity contribution in [2.24, 2.45) is 0 Å². The van der Waals surface area contributed by atoms with Crippen LogP contribution in [0.5, 0.6) is 0 Å². The molecule has 0 bridgehead atoms. The molecule has 0 saturated heterocycles. The second-order valence-corrected chi connectivity index (χ2v) is 5.04. The van der Waals surface area contributed by atoms with Gasteiger partial charge in [-0.2, -0.15) is 5.10 Å². The standard InChI is InChI=1S/C12H11BrN6/c1-7(12-15-6-16-19-12)17-11-5-14-9-3-2-8(13)4-10(9)18-11/h2-7H,1H3,(H,17,18)(H,15,16,19)/t7-/m1/s1. The highest BCUT2D eigenvalue weighted by Gasteiger charge is 2.09. The molecule has 0 fully saturated rings. The van der Waals surface area contributed by atoms with Crippen molar-refractivity contribution in [3.63, 3.8) is 0 Å². The van der Waals surface area contributed by atoms with Crippen LogP contribution >= 0.6 is 15.9 Å². The zero-order valence-electron chi connectivity index (χ0n) is 10.1. The summed E-state index contributed by atoms with van der Waals surface area (Å²) in [6.45, 7) is 1.98. The van der Waals surface area contributed by atoms with Crippen LogP contribution in [-0.2, 0) is 0 Å². The van der Waals surface area contributed by atoms with Crippen LogP contribution < -0.4 is 5.32 Å². The monoisotopic (exact) mass is 318 g/mol. The van der Waals surface area contributed by atoms with Crippen LogP contribution in [0.2, 0.25) is 0 Å². The van der Waals surface area contributed by atoms with E-state index in [4.69, 9.17) is 0 Å². The fraction of sp³-hybridized carbons (Fsp3) is 0.167. The van der Waals surface area contributed by atoms with Gasteiger partial charge in [-0.1, -0.05) is 15.9 Å². The van der Waals surface area contributed by atoms with E-state index < -0.39 is 0 Å². The summed E-state index contributed by atoms with van der Waals surface area (Å²) in [6, 6.07) is 5.80. The van der Waals surface area contributed by atoms with Crippen molar-refractivity contribution in [2.75, 3.05) is 5.32 Å². The van der Waals surface area contributed by atoms with E-state index in [0.29, 0.717) is 5.82 Å². The van der Waals surface area contributed by atoms with E-state index in [9.17, 15) is 0 Å². The Morgan fingerprint density at radius 3 is 2.95 bits per heavy atom. The summed E-state index contributed by atoms with van der Waals surface area (Å²) in [5.41, 5.74) is 1.70. The van der Waals surface area contributed by atoms with Crippen molar-refractivity contribution in [1.29, 1.82) is 0 Å². The second kappa shape index (κ2) is 4.93. The molecule has 0 radical (unpaired) electrons. The third-order valence-electron chi connectivity index (χ3n) is 2.71. The van der Waals surface area contributed by atoms with Gasteiger partial charge >= 0.3 is 0 Å². The van der Waals surface area contributed by atoms with Crippen LogP contribution in [0.15, 0.2) is 35.2 Å². The Hall–Kier alpha value is -2.02. The fourth-order valence-corrected chi connectivity index (χ4v) is 2.12. The summed E-state index contributed by atoms with van der Waals surface area (Å²) in [5.74, 6) is 1.46. The minimum Gasteiger partial charge on any atom is -0.359 e. The van der Waals surface area contributed by atoms with E-state index in [1.807, 2.05) is 25.1 Å². The molecule has 6 nitrogen and oxygen atoms in total. The lowest BCUT2D eigenvalue weighted by Crippen LogP contribution is -2.10. The minimum atomic E-state index is -0.0126. The van der Waals surface area contributed by atoms with Gasteiger partial charge < -0.3 is 5.32 Å². The quantitative estimate of drug-likeness (QED) is 0.776. The molecule has 0 spiro atoms. The minimum absolute atomic E-state index is 0.0126. The van der Waals surface area contributed by atoms with Crippen molar-refractivity contribution in [3.05, 3.63) is 41.0 Å². The predicted molar refractivity (Wildman–Crippen MR) is 75.7 cm³/mol. The lowest BCUT2D eigenvalue weighted by molar-refractivity contribution is 0.790. The molecule has 1 atom stereocenters. The topological polar surface area (TPSA) is 79.4 Å². The molecule has 0 aliphatic carbocycles. The number of H-pyrrole nitrogens is 1. The number of hydrogen-bond donors (Lipinski definition) is 2. The maximum Gasteiger partial charge on any atom is 0.146 e. The van der Waals surface area contributed by atoms with Crippen molar-refractivity contribution in [3.8, 4) is 0 Å². The molecule has 3 aromatic rings. The first-order chi connectivity index (χ1) is 9.22. The zero-order chi connectivity index (χ0) is 13.2. The van der Waals surface area contributed by atoms with Crippen LogP contribution in [0.1, 0.15) is 18.8 Å². The number of halogens is 1. The highest BCUT2D eigenvalue weighted by molar-refractivity contribution is 9.10. The van der Waals surface area contributed by atoms with Gasteiger partial charge in [-0.25, -0.2) is 9.97 Å². The maximum absolute atomic E-state index is 4.52. The molecule has 0 aliphatic rings. The van der Waals surface area contributed by atoms with Crippen LogP contribution in [0.3, 0.4) is 0 Å². The van der Waals surface area contributed by atoms with Crippen molar-refractivity contribution in [2.45, 2.75) is 13.0 Å². The molecule has 2 aromatic heterocycles. The number of hydrogen-bond acceptors (Lipinski definition) is 5. The van der Waals surface area contributed by atoms with E-state index in [2.05, 4.69) is 46.4 Å². The third kappa shape index (κ3) is 2.55. The average Bonchev–Trinajstić information content (AvgIpc) is 2.92. The number of aromatic nitrogens is 5. The lowest BCUT2D eigenvalue weighted by Gasteiger charge is -2.11. The van der Waals surface area contributed by atoms with Crippen molar-refractivity contribution >= 4 is 32.8 Å². The molecule has 1 aromatic carbocycles. The van der Waals surface area contributed by atoms with Crippen molar-refractivity contribution < 1.29 is 0 Å². The summed E-state index contributed by atoms with van der Waals surface area (Å²) in [4.78, 5) is 13.0. The summed E-state index contributed by atoms with van der Waals surface area (Å²) in [6.07, 6.45) is 3.19. The van der Waals surface area contributed by atoms with Crippen LogP contribution in [0.4, 0.5) is 5.82 Å². The predicted octanol–water partition coefficient (Wildman–Crippen LogP) is 2.68. The molecule has 7 heteroatoms. The number of anilines is 1. The van der Waals surface area contributed by atoms with Gasteiger partial charge in [-0.15, -0.1) is 0 Å². The first-order valence-electron chi connectivity index (χ1n) is 5.76. The van der Waals surface area contributed by atoms with Gasteiger partial charge in [0.2, 0.25) is 0 Å². The Morgan fingerprint density at radius 1 is 1.26 bits per heavy atom. The molecule has 3 rings (SSSR count). The Balaban J connectivity index is 1.89.